The topological polar surface area (TPSA) is 65.8 Å². The molecule has 0 atom stereocenters. The van der Waals surface area contributed by atoms with Crippen LogP contribution in [0.15, 0.2) is 42.7 Å². The maximum Gasteiger partial charge on any atom is 0.256 e. The van der Waals surface area contributed by atoms with Gasteiger partial charge in [-0.1, -0.05) is 12.1 Å². The van der Waals surface area contributed by atoms with Gasteiger partial charge in [0.25, 0.3) is 5.91 Å². The Morgan fingerprint density at radius 3 is 2.83 bits per heavy atom. The van der Waals surface area contributed by atoms with E-state index in [0.29, 0.717) is 16.8 Å². The number of pyridine rings is 1. The summed E-state index contributed by atoms with van der Waals surface area (Å²) in [6.07, 6.45) is 3.20. The fourth-order valence-corrected chi connectivity index (χ4v) is 1.61. The molecule has 18 heavy (non-hydrogen) atoms. The van der Waals surface area contributed by atoms with Crippen LogP contribution < -0.4 is 5.32 Å². The van der Waals surface area contributed by atoms with Crippen LogP contribution in [0.1, 0.15) is 21.5 Å². The Labute approximate surface area is 105 Å². The molecule has 0 radical (unpaired) electrons. The molecule has 0 spiro atoms. The third-order valence-corrected chi connectivity index (χ3v) is 2.56. The number of hydrogen-bond acceptors (Lipinski definition) is 3. The van der Waals surface area contributed by atoms with Crippen LogP contribution in [-0.4, -0.2) is 10.9 Å². The molecule has 2 rings (SSSR count). The second-order valence-electron chi connectivity index (χ2n) is 3.80. The molecule has 0 unspecified atom stereocenters. The molecule has 0 aliphatic carbocycles. The minimum absolute atomic E-state index is 0.238. The third kappa shape index (κ3) is 2.36. The van der Waals surface area contributed by atoms with E-state index in [9.17, 15) is 4.79 Å². The second kappa shape index (κ2) is 5.11. The molecular formula is C14H11N3O. The third-order valence-electron chi connectivity index (χ3n) is 2.56. The van der Waals surface area contributed by atoms with Gasteiger partial charge >= 0.3 is 0 Å². The van der Waals surface area contributed by atoms with E-state index >= 15 is 0 Å². The molecule has 2 aromatic rings. The summed E-state index contributed by atoms with van der Waals surface area (Å²) in [4.78, 5) is 16.0. The average molecular weight is 237 g/mol. The van der Waals surface area contributed by atoms with E-state index in [1.54, 1.807) is 42.7 Å². The lowest BCUT2D eigenvalue weighted by Gasteiger charge is -2.08. The van der Waals surface area contributed by atoms with Gasteiger partial charge in [-0.3, -0.25) is 9.78 Å². The van der Waals surface area contributed by atoms with Gasteiger partial charge in [0.2, 0.25) is 0 Å². The predicted octanol–water partition coefficient (Wildman–Crippen LogP) is 2.51. The van der Waals surface area contributed by atoms with Gasteiger partial charge in [-0.15, -0.1) is 0 Å². The summed E-state index contributed by atoms with van der Waals surface area (Å²) >= 11 is 0. The number of nitrogens with one attached hydrogen (secondary N) is 1. The molecule has 0 fully saturated rings. The Balaban J connectivity index is 2.28. The lowest BCUT2D eigenvalue weighted by molar-refractivity contribution is 0.102. The SMILES string of the molecule is Cc1cnccc1C(=O)Nc1ccccc1C#N. The minimum Gasteiger partial charge on any atom is -0.321 e. The lowest BCUT2D eigenvalue weighted by Crippen LogP contribution is -2.14. The first-order chi connectivity index (χ1) is 8.72. The summed E-state index contributed by atoms with van der Waals surface area (Å²) in [6.45, 7) is 1.82. The van der Waals surface area contributed by atoms with E-state index in [0.717, 1.165) is 5.56 Å². The largest absolute Gasteiger partial charge is 0.321 e. The first-order valence-corrected chi connectivity index (χ1v) is 5.43. The summed E-state index contributed by atoms with van der Waals surface area (Å²) < 4.78 is 0. The highest BCUT2D eigenvalue weighted by Gasteiger charge is 2.10. The molecule has 0 bridgehead atoms. The van der Waals surface area contributed by atoms with Crippen LogP contribution in [0.5, 0.6) is 0 Å². The van der Waals surface area contributed by atoms with Crippen LogP contribution in [0.4, 0.5) is 5.69 Å². The average Bonchev–Trinajstić information content (AvgIpc) is 2.39. The van der Waals surface area contributed by atoms with Crippen LogP contribution in [0.25, 0.3) is 0 Å². The first kappa shape index (κ1) is 11.8. The van der Waals surface area contributed by atoms with Crippen LogP contribution in [0, 0.1) is 18.3 Å². The standard InChI is InChI=1S/C14H11N3O/c1-10-9-16-7-6-12(10)14(18)17-13-5-3-2-4-11(13)8-15/h2-7,9H,1H3,(H,17,18). The van der Waals surface area contributed by atoms with Gasteiger partial charge in [0, 0.05) is 18.0 Å². The van der Waals surface area contributed by atoms with Crippen molar-refractivity contribution in [3.63, 3.8) is 0 Å². The molecule has 1 aromatic heterocycles. The number of rotatable bonds is 2. The molecule has 4 heteroatoms. The molecule has 0 saturated carbocycles. The molecule has 1 N–H and O–H groups in total. The van der Waals surface area contributed by atoms with Crippen molar-refractivity contribution in [2.75, 3.05) is 5.32 Å². The van der Waals surface area contributed by atoms with Crippen LogP contribution in [0.3, 0.4) is 0 Å². The van der Waals surface area contributed by atoms with Crippen molar-refractivity contribution >= 4 is 11.6 Å². The Hall–Kier alpha value is -2.67. The highest BCUT2D eigenvalue weighted by molar-refractivity contribution is 6.05. The number of amides is 1. The number of anilines is 1. The maximum atomic E-state index is 12.1. The molecule has 0 aliphatic rings. The molecule has 0 aliphatic heterocycles. The van der Waals surface area contributed by atoms with E-state index in [2.05, 4.69) is 10.3 Å². The Morgan fingerprint density at radius 2 is 2.11 bits per heavy atom. The highest BCUT2D eigenvalue weighted by atomic mass is 16.1. The van der Waals surface area contributed by atoms with Gasteiger partial charge < -0.3 is 5.32 Å². The number of aryl methyl sites for hydroxylation is 1. The van der Waals surface area contributed by atoms with Crippen molar-refractivity contribution in [3.8, 4) is 6.07 Å². The van der Waals surface area contributed by atoms with Gasteiger partial charge in [0.1, 0.15) is 6.07 Å². The number of para-hydroxylation sites is 1. The molecule has 4 nitrogen and oxygen atoms in total. The van der Waals surface area contributed by atoms with Gasteiger partial charge in [-0.2, -0.15) is 5.26 Å². The number of nitriles is 1. The van der Waals surface area contributed by atoms with Crippen LogP contribution in [-0.2, 0) is 0 Å². The van der Waals surface area contributed by atoms with Crippen molar-refractivity contribution in [3.05, 3.63) is 59.4 Å². The Kier molecular flexibility index (Phi) is 3.35. The predicted molar refractivity (Wildman–Crippen MR) is 68.1 cm³/mol. The van der Waals surface area contributed by atoms with E-state index in [4.69, 9.17) is 5.26 Å². The lowest BCUT2D eigenvalue weighted by atomic mass is 10.1. The monoisotopic (exact) mass is 237 g/mol. The van der Waals surface area contributed by atoms with Gasteiger partial charge in [0.05, 0.1) is 11.3 Å². The zero-order chi connectivity index (χ0) is 13.0. The van der Waals surface area contributed by atoms with Gasteiger partial charge in [-0.05, 0) is 30.7 Å². The Morgan fingerprint density at radius 1 is 1.33 bits per heavy atom. The number of benzene rings is 1. The molecular weight excluding hydrogens is 226 g/mol. The van der Waals surface area contributed by atoms with Crippen molar-refractivity contribution < 1.29 is 4.79 Å². The van der Waals surface area contributed by atoms with Crippen LogP contribution >= 0.6 is 0 Å². The zero-order valence-electron chi connectivity index (χ0n) is 9.84. The summed E-state index contributed by atoms with van der Waals surface area (Å²) in [5.41, 5.74) is 2.31. The van der Waals surface area contributed by atoms with Crippen molar-refractivity contribution in [2.45, 2.75) is 6.92 Å². The Bertz CT molecular complexity index is 629. The maximum absolute atomic E-state index is 12.1. The van der Waals surface area contributed by atoms with Crippen LogP contribution in [0.2, 0.25) is 0 Å². The molecule has 0 saturated heterocycles. The first-order valence-electron chi connectivity index (χ1n) is 5.43. The summed E-state index contributed by atoms with van der Waals surface area (Å²) in [6, 6.07) is 10.6. The second-order valence-corrected chi connectivity index (χ2v) is 3.80. The smallest absolute Gasteiger partial charge is 0.256 e. The van der Waals surface area contributed by atoms with E-state index in [1.807, 2.05) is 13.0 Å². The van der Waals surface area contributed by atoms with E-state index < -0.39 is 0 Å². The number of nitrogens with zero attached hydrogens (tertiary/aromatic N) is 2. The van der Waals surface area contributed by atoms with Gasteiger partial charge in [0.15, 0.2) is 0 Å². The molecule has 1 amide bonds. The molecule has 1 heterocycles. The number of carbonyl (C=O) groups is 1. The van der Waals surface area contributed by atoms with Crippen molar-refractivity contribution in [1.82, 2.24) is 4.98 Å². The number of hydrogen-bond donors (Lipinski definition) is 1. The van der Waals surface area contributed by atoms with Gasteiger partial charge in [-0.25, -0.2) is 0 Å². The van der Waals surface area contributed by atoms with Crippen molar-refractivity contribution in [2.24, 2.45) is 0 Å². The number of aromatic nitrogens is 1. The summed E-state index contributed by atoms with van der Waals surface area (Å²) in [5.74, 6) is -0.238. The van der Waals surface area contributed by atoms with E-state index in [1.165, 1.54) is 0 Å². The number of carbonyl (C=O) groups excluding carboxylic acids is 1. The minimum atomic E-state index is -0.238. The summed E-state index contributed by atoms with van der Waals surface area (Å²) in [7, 11) is 0. The molecule has 88 valence electrons. The fourth-order valence-electron chi connectivity index (χ4n) is 1.61. The summed E-state index contributed by atoms with van der Waals surface area (Å²) in [5, 5.41) is 11.7. The normalized spacial score (nSPS) is 9.56. The fraction of sp³-hybridized carbons (Fsp3) is 0.0714. The molecule has 1 aromatic carbocycles. The highest BCUT2D eigenvalue weighted by Crippen LogP contribution is 2.15. The quantitative estimate of drug-likeness (QED) is 0.872. The van der Waals surface area contributed by atoms with E-state index in [-0.39, 0.29) is 5.91 Å². The van der Waals surface area contributed by atoms with Crippen molar-refractivity contribution in [1.29, 1.82) is 5.26 Å². The zero-order valence-corrected chi connectivity index (χ0v) is 9.84.